The molecule has 1 saturated heterocycles. The molecule has 4 heteroatoms. The maximum Gasteiger partial charge on any atom is 0.222 e. The highest BCUT2D eigenvalue weighted by atomic mass is 16.5. The summed E-state index contributed by atoms with van der Waals surface area (Å²) in [6.07, 6.45) is 4.14. The summed E-state index contributed by atoms with van der Waals surface area (Å²) in [5.41, 5.74) is 1.22. The summed E-state index contributed by atoms with van der Waals surface area (Å²) >= 11 is 0. The topological polar surface area (TPSA) is 49.8 Å². The number of piperidine rings is 1. The van der Waals surface area contributed by atoms with Gasteiger partial charge in [0.15, 0.2) is 0 Å². The van der Waals surface area contributed by atoms with E-state index in [1.54, 1.807) is 0 Å². The highest BCUT2D eigenvalue weighted by Crippen LogP contribution is 2.15. The Morgan fingerprint density at radius 3 is 2.62 bits per heavy atom. The number of benzene rings is 1. The third-order valence-electron chi connectivity index (χ3n) is 3.92. The van der Waals surface area contributed by atoms with Gasteiger partial charge in [-0.1, -0.05) is 30.3 Å². The number of carbonyl (C=O) groups is 1. The maximum absolute atomic E-state index is 12.2. The first-order valence-corrected chi connectivity index (χ1v) is 7.84. The van der Waals surface area contributed by atoms with Gasteiger partial charge in [0.2, 0.25) is 5.91 Å². The van der Waals surface area contributed by atoms with Crippen LogP contribution in [0.1, 0.15) is 31.2 Å². The number of aliphatic hydroxyl groups excluding tert-OH is 1. The van der Waals surface area contributed by atoms with E-state index in [-0.39, 0.29) is 18.6 Å². The molecule has 0 spiro atoms. The minimum atomic E-state index is 0.177. The number of hydrogen-bond donors (Lipinski definition) is 1. The van der Waals surface area contributed by atoms with E-state index in [9.17, 15) is 4.79 Å². The lowest BCUT2D eigenvalue weighted by Gasteiger charge is -2.32. The van der Waals surface area contributed by atoms with Crippen molar-refractivity contribution in [1.29, 1.82) is 0 Å². The Morgan fingerprint density at radius 1 is 1.24 bits per heavy atom. The molecule has 1 aromatic carbocycles. The van der Waals surface area contributed by atoms with Crippen LogP contribution in [-0.2, 0) is 16.0 Å². The minimum Gasteiger partial charge on any atom is -0.396 e. The monoisotopic (exact) mass is 291 g/mol. The Morgan fingerprint density at radius 2 is 1.95 bits per heavy atom. The van der Waals surface area contributed by atoms with Gasteiger partial charge in [-0.15, -0.1) is 0 Å². The normalized spacial score (nSPS) is 16.1. The Labute approximate surface area is 126 Å². The van der Waals surface area contributed by atoms with Gasteiger partial charge in [0.25, 0.3) is 0 Å². The van der Waals surface area contributed by atoms with Gasteiger partial charge >= 0.3 is 0 Å². The molecule has 1 N–H and O–H groups in total. The zero-order chi connectivity index (χ0) is 14.9. The zero-order valence-corrected chi connectivity index (χ0v) is 12.5. The van der Waals surface area contributed by atoms with Crippen molar-refractivity contribution in [3.05, 3.63) is 35.9 Å². The highest BCUT2D eigenvalue weighted by Gasteiger charge is 2.22. The lowest BCUT2D eigenvalue weighted by molar-refractivity contribution is -0.133. The number of carbonyl (C=O) groups excluding carboxylic acids is 1. The van der Waals surface area contributed by atoms with E-state index < -0.39 is 0 Å². The highest BCUT2D eigenvalue weighted by molar-refractivity contribution is 5.76. The van der Waals surface area contributed by atoms with Crippen LogP contribution in [0.25, 0.3) is 0 Å². The van der Waals surface area contributed by atoms with E-state index in [2.05, 4.69) is 12.1 Å². The molecule has 1 aliphatic heterocycles. The fourth-order valence-corrected chi connectivity index (χ4v) is 2.64. The molecule has 1 aromatic rings. The number of amides is 1. The van der Waals surface area contributed by atoms with Crippen molar-refractivity contribution in [2.45, 2.75) is 38.2 Å². The summed E-state index contributed by atoms with van der Waals surface area (Å²) in [6.45, 7) is 2.37. The van der Waals surface area contributed by atoms with Crippen molar-refractivity contribution >= 4 is 5.91 Å². The van der Waals surface area contributed by atoms with Gasteiger partial charge in [0.05, 0.1) is 6.10 Å². The molecule has 0 bridgehead atoms. The van der Waals surface area contributed by atoms with Crippen LogP contribution in [-0.4, -0.2) is 48.3 Å². The molecule has 2 rings (SSSR count). The van der Waals surface area contributed by atoms with Crippen LogP contribution < -0.4 is 0 Å². The molecule has 0 saturated carbocycles. The van der Waals surface area contributed by atoms with E-state index in [0.717, 1.165) is 32.4 Å². The SMILES string of the molecule is O=C(CCc1ccccc1)N1CCC(OCCCO)CC1. The summed E-state index contributed by atoms with van der Waals surface area (Å²) in [4.78, 5) is 14.1. The lowest BCUT2D eigenvalue weighted by atomic mass is 10.1. The predicted molar refractivity (Wildman–Crippen MR) is 82.0 cm³/mol. The van der Waals surface area contributed by atoms with E-state index in [1.165, 1.54) is 5.56 Å². The van der Waals surface area contributed by atoms with Crippen molar-refractivity contribution in [2.75, 3.05) is 26.3 Å². The molecule has 4 nitrogen and oxygen atoms in total. The van der Waals surface area contributed by atoms with Gasteiger partial charge in [0, 0.05) is 32.7 Å². The summed E-state index contributed by atoms with van der Waals surface area (Å²) in [5.74, 6) is 0.243. The van der Waals surface area contributed by atoms with Crippen molar-refractivity contribution in [3.8, 4) is 0 Å². The number of likely N-dealkylation sites (tertiary alicyclic amines) is 1. The summed E-state index contributed by atoms with van der Waals surface area (Å²) in [6, 6.07) is 10.1. The van der Waals surface area contributed by atoms with Gasteiger partial charge in [-0.2, -0.15) is 0 Å². The van der Waals surface area contributed by atoms with Gasteiger partial charge in [-0.05, 0) is 31.2 Å². The average Bonchev–Trinajstić information content (AvgIpc) is 2.54. The fraction of sp³-hybridized carbons (Fsp3) is 0.588. The number of nitrogens with zero attached hydrogens (tertiary/aromatic N) is 1. The number of aliphatic hydroxyl groups is 1. The first-order chi connectivity index (χ1) is 10.3. The molecule has 1 fully saturated rings. The zero-order valence-electron chi connectivity index (χ0n) is 12.5. The quantitative estimate of drug-likeness (QED) is 0.782. The predicted octanol–water partition coefficient (Wildman–Crippen LogP) is 2.01. The first-order valence-electron chi connectivity index (χ1n) is 7.84. The summed E-state index contributed by atoms with van der Waals surface area (Å²) in [5, 5.41) is 8.73. The molecular formula is C17H25NO3. The molecule has 116 valence electrons. The summed E-state index contributed by atoms with van der Waals surface area (Å²) < 4.78 is 5.68. The van der Waals surface area contributed by atoms with Gasteiger partial charge in [-0.25, -0.2) is 0 Å². The smallest absolute Gasteiger partial charge is 0.222 e. The minimum absolute atomic E-state index is 0.177. The molecule has 0 aromatic heterocycles. The molecule has 0 atom stereocenters. The Hall–Kier alpha value is -1.39. The van der Waals surface area contributed by atoms with Crippen LogP contribution in [0.2, 0.25) is 0 Å². The molecule has 21 heavy (non-hydrogen) atoms. The van der Waals surface area contributed by atoms with Crippen LogP contribution in [0.3, 0.4) is 0 Å². The maximum atomic E-state index is 12.2. The number of aryl methyl sites for hydroxylation is 1. The molecule has 1 amide bonds. The van der Waals surface area contributed by atoms with Crippen molar-refractivity contribution in [2.24, 2.45) is 0 Å². The van der Waals surface area contributed by atoms with Gasteiger partial charge in [0.1, 0.15) is 0 Å². The Kier molecular flexibility index (Phi) is 6.70. The molecule has 0 aliphatic carbocycles. The second kappa shape index (κ2) is 8.80. The lowest BCUT2D eigenvalue weighted by Crippen LogP contribution is -2.41. The van der Waals surface area contributed by atoms with Crippen LogP contribution in [0.5, 0.6) is 0 Å². The summed E-state index contributed by atoms with van der Waals surface area (Å²) in [7, 11) is 0. The molecule has 1 aliphatic rings. The van der Waals surface area contributed by atoms with E-state index >= 15 is 0 Å². The Balaban J connectivity index is 1.66. The van der Waals surface area contributed by atoms with Crippen LogP contribution in [0.4, 0.5) is 0 Å². The molecule has 0 unspecified atom stereocenters. The van der Waals surface area contributed by atoms with Crippen LogP contribution in [0, 0.1) is 0 Å². The van der Waals surface area contributed by atoms with Gasteiger partial charge < -0.3 is 14.7 Å². The molecular weight excluding hydrogens is 266 g/mol. The second-order valence-electron chi connectivity index (χ2n) is 5.51. The fourth-order valence-electron chi connectivity index (χ4n) is 2.64. The van der Waals surface area contributed by atoms with Gasteiger partial charge in [-0.3, -0.25) is 4.79 Å². The largest absolute Gasteiger partial charge is 0.396 e. The van der Waals surface area contributed by atoms with Crippen LogP contribution >= 0.6 is 0 Å². The standard InChI is InChI=1S/C17H25NO3/c19-13-4-14-21-16-9-11-18(12-10-16)17(20)8-7-15-5-2-1-3-6-15/h1-3,5-6,16,19H,4,7-14H2. The number of rotatable bonds is 7. The second-order valence-corrected chi connectivity index (χ2v) is 5.51. The van der Waals surface area contributed by atoms with Crippen molar-refractivity contribution < 1.29 is 14.6 Å². The Bertz CT molecular complexity index is 413. The number of hydrogen-bond acceptors (Lipinski definition) is 3. The van der Waals surface area contributed by atoms with Crippen LogP contribution in [0.15, 0.2) is 30.3 Å². The average molecular weight is 291 g/mol. The first kappa shape index (κ1) is 16.0. The van der Waals surface area contributed by atoms with Crippen molar-refractivity contribution in [3.63, 3.8) is 0 Å². The third-order valence-corrected chi connectivity index (χ3v) is 3.92. The van der Waals surface area contributed by atoms with E-state index in [1.807, 2.05) is 23.1 Å². The third kappa shape index (κ3) is 5.48. The molecule has 1 heterocycles. The van der Waals surface area contributed by atoms with Crippen molar-refractivity contribution in [1.82, 2.24) is 4.90 Å². The number of ether oxygens (including phenoxy) is 1. The molecule has 0 radical (unpaired) electrons. The van der Waals surface area contributed by atoms with E-state index in [4.69, 9.17) is 9.84 Å². The van der Waals surface area contributed by atoms with E-state index in [0.29, 0.717) is 19.4 Å².